The van der Waals surface area contributed by atoms with E-state index in [1.807, 2.05) is 6.07 Å². The number of alkyl halides is 3. The highest BCUT2D eigenvalue weighted by molar-refractivity contribution is 6.30. The number of nitrogens with one attached hydrogen (secondary N) is 2. The van der Waals surface area contributed by atoms with E-state index in [2.05, 4.69) is 10.3 Å². The SMILES string of the molecule is O=C(NCc1cccc(Cl)c1)c1cc2ccc(C(F)(F)F)cc2[nH]1. The fourth-order valence-electron chi connectivity index (χ4n) is 2.35. The molecule has 0 bridgehead atoms. The zero-order valence-corrected chi connectivity index (χ0v) is 13.0. The number of hydrogen-bond donors (Lipinski definition) is 2. The highest BCUT2D eigenvalue weighted by Gasteiger charge is 2.30. The van der Waals surface area contributed by atoms with E-state index in [1.165, 1.54) is 12.1 Å². The van der Waals surface area contributed by atoms with E-state index in [0.717, 1.165) is 17.7 Å². The van der Waals surface area contributed by atoms with Crippen LogP contribution in [0.15, 0.2) is 48.5 Å². The number of halogens is 4. The Bertz CT molecular complexity index is 902. The number of rotatable bonds is 3. The summed E-state index contributed by atoms with van der Waals surface area (Å²) in [6.07, 6.45) is -4.42. The fraction of sp³-hybridized carbons (Fsp3) is 0.118. The highest BCUT2D eigenvalue weighted by atomic mass is 35.5. The molecule has 3 rings (SSSR count). The maximum atomic E-state index is 12.7. The van der Waals surface area contributed by atoms with Crippen LogP contribution in [0.25, 0.3) is 10.9 Å². The zero-order chi connectivity index (χ0) is 17.3. The first-order valence-electron chi connectivity index (χ1n) is 7.05. The second-order valence-electron chi connectivity index (χ2n) is 5.30. The summed E-state index contributed by atoms with van der Waals surface area (Å²) in [7, 11) is 0. The van der Waals surface area contributed by atoms with Gasteiger partial charge in [0.05, 0.1) is 5.56 Å². The predicted molar refractivity (Wildman–Crippen MR) is 85.9 cm³/mol. The minimum atomic E-state index is -4.42. The molecule has 1 amide bonds. The number of benzene rings is 2. The lowest BCUT2D eigenvalue weighted by Crippen LogP contribution is -2.23. The summed E-state index contributed by atoms with van der Waals surface area (Å²) in [6, 6.07) is 11.9. The van der Waals surface area contributed by atoms with Gasteiger partial charge in [-0.05, 0) is 35.9 Å². The third kappa shape index (κ3) is 3.54. The van der Waals surface area contributed by atoms with Crippen LogP contribution in [0, 0.1) is 0 Å². The maximum absolute atomic E-state index is 12.7. The van der Waals surface area contributed by atoms with Gasteiger partial charge in [-0.3, -0.25) is 4.79 Å². The predicted octanol–water partition coefficient (Wildman–Crippen LogP) is 4.77. The molecule has 0 saturated carbocycles. The Labute approximate surface area is 140 Å². The van der Waals surface area contributed by atoms with E-state index in [9.17, 15) is 18.0 Å². The lowest BCUT2D eigenvalue weighted by atomic mass is 10.1. The van der Waals surface area contributed by atoms with Gasteiger partial charge in [-0.2, -0.15) is 13.2 Å². The molecule has 7 heteroatoms. The van der Waals surface area contributed by atoms with Crippen molar-refractivity contribution >= 4 is 28.4 Å². The number of aromatic amines is 1. The van der Waals surface area contributed by atoms with Gasteiger partial charge in [0, 0.05) is 22.5 Å². The minimum Gasteiger partial charge on any atom is -0.351 e. The molecular weight excluding hydrogens is 341 g/mol. The molecule has 0 spiro atoms. The topological polar surface area (TPSA) is 44.9 Å². The number of hydrogen-bond acceptors (Lipinski definition) is 1. The van der Waals surface area contributed by atoms with Crippen molar-refractivity contribution < 1.29 is 18.0 Å². The van der Waals surface area contributed by atoms with Crippen LogP contribution in [0.3, 0.4) is 0 Å². The Morgan fingerprint density at radius 1 is 1.12 bits per heavy atom. The number of carbonyl (C=O) groups is 1. The molecule has 124 valence electrons. The molecule has 0 aliphatic heterocycles. The van der Waals surface area contributed by atoms with Gasteiger partial charge in [-0.25, -0.2) is 0 Å². The molecule has 0 aliphatic rings. The molecule has 0 fully saturated rings. The Kier molecular flexibility index (Phi) is 4.24. The maximum Gasteiger partial charge on any atom is 0.416 e. The van der Waals surface area contributed by atoms with Gasteiger partial charge in [0.1, 0.15) is 5.69 Å². The van der Waals surface area contributed by atoms with Crippen molar-refractivity contribution in [1.29, 1.82) is 0 Å². The standard InChI is InChI=1S/C17H12ClF3N2O/c18-13-3-1-2-10(6-13)9-22-16(24)15-7-11-4-5-12(17(19,20)21)8-14(11)23-15/h1-8,23H,9H2,(H,22,24). The summed E-state index contributed by atoms with van der Waals surface area (Å²) in [5.41, 5.74) is 0.526. The van der Waals surface area contributed by atoms with Gasteiger partial charge in [0.25, 0.3) is 5.91 Å². The summed E-state index contributed by atoms with van der Waals surface area (Å²) in [5.74, 6) is -0.403. The summed E-state index contributed by atoms with van der Waals surface area (Å²) in [5, 5.41) is 3.80. The van der Waals surface area contributed by atoms with Crippen molar-refractivity contribution in [2.45, 2.75) is 12.7 Å². The molecule has 3 nitrogen and oxygen atoms in total. The lowest BCUT2D eigenvalue weighted by Gasteiger charge is -2.05. The number of fused-ring (bicyclic) bond motifs is 1. The highest BCUT2D eigenvalue weighted by Crippen LogP contribution is 2.31. The Morgan fingerprint density at radius 2 is 1.92 bits per heavy atom. The molecule has 0 radical (unpaired) electrons. The van der Waals surface area contributed by atoms with E-state index in [1.54, 1.807) is 18.2 Å². The normalized spacial score (nSPS) is 11.7. The van der Waals surface area contributed by atoms with Crippen LogP contribution < -0.4 is 5.32 Å². The summed E-state index contributed by atoms with van der Waals surface area (Å²) < 4.78 is 38.2. The monoisotopic (exact) mass is 352 g/mol. The molecule has 2 aromatic carbocycles. The van der Waals surface area contributed by atoms with Gasteiger partial charge in [-0.1, -0.05) is 29.8 Å². The van der Waals surface area contributed by atoms with Crippen LogP contribution in [0.1, 0.15) is 21.6 Å². The molecule has 2 N–H and O–H groups in total. The van der Waals surface area contributed by atoms with Crippen LogP contribution >= 0.6 is 11.6 Å². The number of amides is 1. The number of carbonyl (C=O) groups excluding carboxylic acids is 1. The van der Waals surface area contributed by atoms with Crippen molar-refractivity contribution in [3.63, 3.8) is 0 Å². The molecule has 0 saturated heterocycles. The van der Waals surface area contributed by atoms with E-state index in [-0.39, 0.29) is 17.8 Å². The van der Waals surface area contributed by atoms with Gasteiger partial charge < -0.3 is 10.3 Å². The van der Waals surface area contributed by atoms with E-state index >= 15 is 0 Å². The smallest absolute Gasteiger partial charge is 0.351 e. The van der Waals surface area contributed by atoms with Crippen LogP contribution in [-0.4, -0.2) is 10.9 Å². The summed E-state index contributed by atoms with van der Waals surface area (Å²) in [6.45, 7) is 0.266. The molecule has 3 aromatic rings. The van der Waals surface area contributed by atoms with Gasteiger partial charge in [-0.15, -0.1) is 0 Å². The third-order valence-electron chi connectivity index (χ3n) is 3.54. The minimum absolute atomic E-state index is 0.200. The van der Waals surface area contributed by atoms with E-state index < -0.39 is 17.6 Å². The summed E-state index contributed by atoms with van der Waals surface area (Å²) in [4.78, 5) is 14.9. The molecule has 24 heavy (non-hydrogen) atoms. The van der Waals surface area contributed by atoms with Gasteiger partial charge >= 0.3 is 6.18 Å². The molecule has 1 heterocycles. The molecule has 1 aromatic heterocycles. The van der Waals surface area contributed by atoms with E-state index in [0.29, 0.717) is 10.4 Å². The lowest BCUT2D eigenvalue weighted by molar-refractivity contribution is -0.137. The van der Waals surface area contributed by atoms with Gasteiger partial charge in [0.15, 0.2) is 0 Å². The van der Waals surface area contributed by atoms with Crippen LogP contribution in [0.4, 0.5) is 13.2 Å². The average molecular weight is 353 g/mol. The third-order valence-corrected chi connectivity index (χ3v) is 3.77. The molecular formula is C17H12ClF3N2O. The summed E-state index contributed by atoms with van der Waals surface area (Å²) >= 11 is 5.87. The second kappa shape index (κ2) is 6.20. The zero-order valence-electron chi connectivity index (χ0n) is 12.2. The first-order chi connectivity index (χ1) is 11.3. The van der Waals surface area contributed by atoms with Crippen LogP contribution in [0.2, 0.25) is 5.02 Å². The number of aromatic nitrogens is 1. The first kappa shape index (κ1) is 16.4. The Balaban J connectivity index is 1.77. The average Bonchev–Trinajstić information content (AvgIpc) is 2.95. The van der Waals surface area contributed by atoms with Crippen LogP contribution in [0.5, 0.6) is 0 Å². The van der Waals surface area contributed by atoms with Crippen molar-refractivity contribution in [2.24, 2.45) is 0 Å². The van der Waals surface area contributed by atoms with Crippen molar-refractivity contribution in [2.75, 3.05) is 0 Å². The van der Waals surface area contributed by atoms with E-state index in [4.69, 9.17) is 11.6 Å². The quantitative estimate of drug-likeness (QED) is 0.700. The second-order valence-corrected chi connectivity index (χ2v) is 5.73. The molecule has 0 atom stereocenters. The first-order valence-corrected chi connectivity index (χ1v) is 7.43. The van der Waals surface area contributed by atoms with Crippen molar-refractivity contribution in [3.05, 3.63) is 70.4 Å². The Morgan fingerprint density at radius 3 is 2.62 bits per heavy atom. The Hall–Kier alpha value is -2.47. The van der Waals surface area contributed by atoms with Crippen LogP contribution in [-0.2, 0) is 12.7 Å². The molecule has 0 aliphatic carbocycles. The van der Waals surface area contributed by atoms with Crippen molar-refractivity contribution in [3.8, 4) is 0 Å². The fourth-order valence-corrected chi connectivity index (χ4v) is 2.56. The molecule has 0 unspecified atom stereocenters. The largest absolute Gasteiger partial charge is 0.416 e. The van der Waals surface area contributed by atoms with Gasteiger partial charge in [0.2, 0.25) is 0 Å². The number of H-pyrrole nitrogens is 1. The van der Waals surface area contributed by atoms with Crippen molar-refractivity contribution in [1.82, 2.24) is 10.3 Å².